The summed E-state index contributed by atoms with van der Waals surface area (Å²) in [6.07, 6.45) is 8.51. The average Bonchev–Trinajstić information content (AvgIpc) is 3.38. The summed E-state index contributed by atoms with van der Waals surface area (Å²) in [6, 6.07) is 12.9. The van der Waals surface area contributed by atoms with Crippen LogP contribution in [0.25, 0.3) is 0 Å². The van der Waals surface area contributed by atoms with Crippen LogP contribution in [-0.2, 0) is 17.8 Å². The van der Waals surface area contributed by atoms with Crippen LogP contribution in [0.1, 0.15) is 55.8 Å². The highest BCUT2D eigenvalue weighted by Gasteiger charge is 2.26. The number of benzene rings is 2. The van der Waals surface area contributed by atoms with E-state index < -0.39 is 0 Å². The van der Waals surface area contributed by atoms with Crippen LogP contribution in [0.4, 0.5) is 4.39 Å². The summed E-state index contributed by atoms with van der Waals surface area (Å²) in [5, 5.41) is 7.15. The number of fused-ring (bicyclic) bond motifs is 1. The largest absolute Gasteiger partial charge is 0.490 e. The molecular formula is C26H29FN4O3. The third-order valence-corrected chi connectivity index (χ3v) is 6.61. The van der Waals surface area contributed by atoms with Crippen molar-refractivity contribution in [2.45, 2.75) is 69.7 Å². The molecule has 1 aromatic heterocycles. The van der Waals surface area contributed by atoms with E-state index in [2.05, 4.69) is 15.4 Å². The highest BCUT2D eigenvalue weighted by Crippen LogP contribution is 2.38. The van der Waals surface area contributed by atoms with Crippen molar-refractivity contribution in [1.29, 1.82) is 0 Å². The maximum Gasteiger partial charge on any atom is 0.222 e. The van der Waals surface area contributed by atoms with Crippen LogP contribution >= 0.6 is 0 Å². The van der Waals surface area contributed by atoms with Crippen LogP contribution in [0.2, 0.25) is 0 Å². The Kier molecular flexibility index (Phi) is 6.74. The fraction of sp³-hybridized carbons (Fsp3) is 0.423. The summed E-state index contributed by atoms with van der Waals surface area (Å²) >= 11 is 0. The summed E-state index contributed by atoms with van der Waals surface area (Å²) in [4.78, 5) is 16.1. The molecule has 0 saturated heterocycles. The second-order valence-electron chi connectivity index (χ2n) is 9.00. The van der Waals surface area contributed by atoms with E-state index in [1.165, 1.54) is 12.4 Å². The number of amides is 1. The van der Waals surface area contributed by atoms with Crippen LogP contribution in [0, 0.1) is 5.82 Å². The molecular weight excluding hydrogens is 435 g/mol. The third kappa shape index (κ3) is 5.38. The monoisotopic (exact) mass is 464 g/mol. The number of nitrogens with zero attached hydrogens (tertiary/aromatic N) is 3. The van der Waals surface area contributed by atoms with Gasteiger partial charge in [-0.2, -0.15) is 5.10 Å². The highest BCUT2D eigenvalue weighted by molar-refractivity contribution is 5.76. The third-order valence-electron chi connectivity index (χ3n) is 6.61. The molecule has 1 atom stereocenters. The minimum absolute atomic E-state index is 0.0447. The van der Waals surface area contributed by atoms with Gasteiger partial charge < -0.3 is 14.8 Å². The van der Waals surface area contributed by atoms with Crippen molar-refractivity contribution in [3.63, 3.8) is 0 Å². The summed E-state index contributed by atoms with van der Waals surface area (Å²) in [7, 11) is 0. The Balaban J connectivity index is 1.09. The molecule has 1 amide bonds. The maximum absolute atomic E-state index is 14.1. The number of hydrogen-bond donors (Lipinski definition) is 1. The van der Waals surface area contributed by atoms with Crippen LogP contribution in [0.15, 0.2) is 55.1 Å². The fourth-order valence-electron chi connectivity index (χ4n) is 4.78. The minimum Gasteiger partial charge on any atom is -0.490 e. The van der Waals surface area contributed by atoms with Gasteiger partial charge in [0.15, 0.2) is 0 Å². The summed E-state index contributed by atoms with van der Waals surface area (Å²) in [6.45, 7) is 0.535. The molecule has 34 heavy (non-hydrogen) atoms. The Morgan fingerprint density at radius 2 is 2.00 bits per heavy atom. The van der Waals surface area contributed by atoms with Crippen molar-refractivity contribution in [3.05, 3.63) is 72.1 Å². The standard InChI is InChI=1S/C26H29FN4O3/c27-23-4-2-1-3-22(23)25-11-5-18-15-21(10-12-24(18)34-25)33-20-8-6-19(7-9-20)30-26(32)13-14-31-17-28-16-29-31/h1-4,10,12,15-17,19-20,25H,5-9,11,13-14H2,(H,30,32)/t19-,20-,25?. The van der Waals surface area contributed by atoms with Gasteiger partial charge in [-0.25, -0.2) is 9.37 Å². The SMILES string of the molecule is O=C(CCn1cncn1)N[C@H]1CC[C@H](Oc2ccc3c(c2)CCC(c2ccccc2F)O3)CC1. The van der Waals surface area contributed by atoms with Crippen LogP contribution < -0.4 is 14.8 Å². The van der Waals surface area contributed by atoms with Crippen LogP contribution in [0.3, 0.4) is 0 Å². The second kappa shape index (κ2) is 10.2. The molecule has 3 aromatic rings. The highest BCUT2D eigenvalue weighted by atomic mass is 19.1. The Morgan fingerprint density at radius 3 is 2.79 bits per heavy atom. The molecule has 1 aliphatic carbocycles. The molecule has 1 saturated carbocycles. The molecule has 7 nitrogen and oxygen atoms in total. The van der Waals surface area contributed by atoms with Gasteiger partial charge in [0.05, 0.1) is 12.6 Å². The van der Waals surface area contributed by atoms with Crippen molar-refractivity contribution in [2.75, 3.05) is 0 Å². The Labute approximate surface area is 198 Å². The zero-order valence-electron chi connectivity index (χ0n) is 19.0. The van der Waals surface area contributed by atoms with Gasteiger partial charge in [-0.15, -0.1) is 0 Å². The maximum atomic E-state index is 14.1. The summed E-state index contributed by atoms with van der Waals surface area (Å²) in [5.41, 5.74) is 1.70. The fourth-order valence-corrected chi connectivity index (χ4v) is 4.78. The lowest BCUT2D eigenvalue weighted by Gasteiger charge is -2.30. The van der Waals surface area contributed by atoms with Gasteiger partial charge in [0.25, 0.3) is 0 Å². The van der Waals surface area contributed by atoms with Gasteiger partial charge in [0.1, 0.15) is 36.1 Å². The molecule has 1 N–H and O–H groups in total. The van der Waals surface area contributed by atoms with Crippen LogP contribution in [0.5, 0.6) is 11.5 Å². The predicted molar refractivity (Wildman–Crippen MR) is 124 cm³/mol. The first-order chi connectivity index (χ1) is 16.6. The van der Waals surface area contributed by atoms with Gasteiger partial charge in [0, 0.05) is 18.0 Å². The summed E-state index contributed by atoms with van der Waals surface area (Å²) < 4.78 is 28.1. The molecule has 2 heterocycles. The molecule has 0 radical (unpaired) electrons. The lowest BCUT2D eigenvalue weighted by Crippen LogP contribution is -2.40. The van der Waals surface area contributed by atoms with E-state index in [1.807, 2.05) is 24.3 Å². The number of halogens is 1. The zero-order valence-corrected chi connectivity index (χ0v) is 19.0. The van der Waals surface area contributed by atoms with E-state index >= 15 is 0 Å². The quantitative estimate of drug-likeness (QED) is 0.562. The molecule has 1 aliphatic heterocycles. The molecule has 0 bridgehead atoms. The van der Waals surface area contributed by atoms with Gasteiger partial charge in [-0.1, -0.05) is 18.2 Å². The lowest BCUT2D eigenvalue weighted by molar-refractivity contribution is -0.122. The van der Waals surface area contributed by atoms with E-state index in [4.69, 9.17) is 9.47 Å². The number of aromatic nitrogens is 3. The van der Waals surface area contributed by atoms with Crippen LogP contribution in [-0.4, -0.2) is 32.8 Å². The van der Waals surface area contributed by atoms with Crippen molar-refractivity contribution in [3.8, 4) is 11.5 Å². The number of carbonyl (C=O) groups excluding carboxylic acids is 1. The van der Waals surface area contributed by atoms with Crippen molar-refractivity contribution in [2.24, 2.45) is 0 Å². The van der Waals surface area contributed by atoms with Crippen molar-refractivity contribution >= 4 is 5.91 Å². The number of carbonyl (C=O) groups is 1. The number of nitrogens with one attached hydrogen (secondary N) is 1. The van der Waals surface area contributed by atoms with E-state index in [0.717, 1.165) is 55.6 Å². The number of ether oxygens (including phenoxy) is 2. The first-order valence-electron chi connectivity index (χ1n) is 12.0. The second-order valence-corrected chi connectivity index (χ2v) is 9.00. The summed E-state index contributed by atoms with van der Waals surface area (Å²) in [5.74, 6) is 1.46. The first kappa shape index (κ1) is 22.4. The number of aryl methyl sites for hydroxylation is 2. The average molecular weight is 465 g/mol. The molecule has 5 rings (SSSR count). The Hall–Kier alpha value is -3.42. The predicted octanol–water partition coefficient (Wildman–Crippen LogP) is 4.38. The molecule has 2 aromatic carbocycles. The first-order valence-corrected chi connectivity index (χ1v) is 12.0. The van der Waals surface area contributed by atoms with Crippen molar-refractivity contribution < 1.29 is 18.7 Å². The van der Waals surface area contributed by atoms with E-state index in [1.54, 1.807) is 23.1 Å². The molecule has 1 fully saturated rings. The van der Waals surface area contributed by atoms with E-state index in [0.29, 0.717) is 18.5 Å². The van der Waals surface area contributed by atoms with Gasteiger partial charge in [-0.3, -0.25) is 9.48 Å². The topological polar surface area (TPSA) is 78.3 Å². The van der Waals surface area contributed by atoms with Gasteiger partial charge >= 0.3 is 0 Å². The van der Waals surface area contributed by atoms with Gasteiger partial charge in [-0.05, 0) is 68.4 Å². The molecule has 8 heteroatoms. The number of hydrogen-bond acceptors (Lipinski definition) is 5. The van der Waals surface area contributed by atoms with Crippen molar-refractivity contribution in [1.82, 2.24) is 20.1 Å². The van der Waals surface area contributed by atoms with E-state index in [9.17, 15) is 9.18 Å². The normalized spacial score (nSPS) is 21.9. The zero-order chi connectivity index (χ0) is 23.3. The van der Waals surface area contributed by atoms with E-state index in [-0.39, 0.29) is 30.0 Å². The molecule has 2 aliphatic rings. The molecule has 1 unspecified atom stereocenters. The van der Waals surface area contributed by atoms with Gasteiger partial charge in [0.2, 0.25) is 5.91 Å². The minimum atomic E-state index is -0.262. The Morgan fingerprint density at radius 1 is 1.15 bits per heavy atom. The number of rotatable bonds is 7. The lowest BCUT2D eigenvalue weighted by atomic mass is 9.92. The Bertz CT molecular complexity index is 1110. The molecule has 0 spiro atoms. The molecule has 178 valence electrons. The smallest absolute Gasteiger partial charge is 0.222 e.